The summed E-state index contributed by atoms with van der Waals surface area (Å²) in [5, 5.41) is 16.5. The van der Waals surface area contributed by atoms with Crippen LogP contribution in [0.4, 0.5) is 11.4 Å². The summed E-state index contributed by atoms with van der Waals surface area (Å²) in [5.41, 5.74) is 5.66. The molecule has 1 aliphatic rings. The number of benzene rings is 1. The molecule has 0 radical (unpaired) electrons. The molecule has 0 unspecified atom stereocenters. The zero-order chi connectivity index (χ0) is 19.6. The SMILES string of the molecule is C/C=C\c1c(C(=O)Nc2cccc(N3N=NCN3)c2)cnn1/C=C\C.CC. The first-order valence-electron chi connectivity index (χ1n) is 8.88. The molecule has 1 aromatic heterocycles. The van der Waals surface area contributed by atoms with Crippen LogP contribution in [0.2, 0.25) is 0 Å². The highest BCUT2D eigenvalue weighted by Gasteiger charge is 2.16. The topological polar surface area (TPSA) is 86.9 Å². The third-order valence-corrected chi connectivity index (χ3v) is 3.49. The molecule has 2 N–H and O–H groups in total. The highest BCUT2D eigenvalue weighted by molar-refractivity contribution is 6.06. The number of nitrogens with zero attached hydrogens (tertiary/aromatic N) is 5. The Balaban J connectivity index is 0.00000126. The highest BCUT2D eigenvalue weighted by atomic mass is 16.1. The Hall–Kier alpha value is -3.26. The van der Waals surface area contributed by atoms with Crippen LogP contribution in [0.15, 0.2) is 53.0 Å². The van der Waals surface area contributed by atoms with Crippen LogP contribution < -0.4 is 15.9 Å². The van der Waals surface area contributed by atoms with Crippen molar-refractivity contribution in [3.8, 4) is 0 Å². The largest absolute Gasteiger partial charge is 0.322 e. The fraction of sp³-hybridized carbons (Fsp3) is 0.263. The van der Waals surface area contributed by atoms with Gasteiger partial charge in [-0.05, 0) is 38.1 Å². The smallest absolute Gasteiger partial charge is 0.259 e. The summed E-state index contributed by atoms with van der Waals surface area (Å²) in [7, 11) is 0. The van der Waals surface area contributed by atoms with Crippen LogP contribution in [0, 0.1) is 0 Å². The summed E-state index contributed by atoms with van der Waals surface area (Å²) in [6.07, 6.45) is 8.95. The number of aromatic nitrogens is 2. The normalized spacial score (nSPS) is 13.3. The molecule has 1 aliphatic heterocycles. The van der Waals surface area contributed by atoms with E-state index in [-0.39, 0.29) is 5.91 Å². The number of allylic oxidation sites excluding steroid dienone is 2. The Labute approximate surface area is 159 Å². The van der Waals surface area contributed by atoms with E-state index in [0.717, 1.165) is 11.4 Å². The van der Waals surface area contributed by atoms with Crippen LogP contribution >= 0.6 is 0 Å². The molecule has 2 aromatic rings. The molecule has 142 valence electrons. The average Bonchev–Trinajstić information content (AvgIpc) is 3.35. The zero-order valence-corrected chi connectivity index (χ0v) is 16.0. The van der Waals surface area contributed by atoms with Crippen molar-refractivity contribution in [2.75, 3.05) is 17.1 Å². The number of carbonyl (C=O) groups excluding carboxylic acids is 1. The molecule has 0 bridgehead atoms. The molecule has 0 atom stereocenters. The zero-order valence-electron chi connectivity index (χ0n) is 16.0. The van der Waals surface area contributed by atoms with E-state index >= 15 is 0 Å². The number of rotatable bonds is 5. The summed E-state index contributed by atoms with van der Waals surface area (Å²) in [6.45, 7) is 8.24. The van der Waals surface area contributed by atoms with Crippen LogP contribution in [0.25, 0.3) is 12.3 Å². The summed E-state index contributed by atoms with van der Waals surface area (Å²) in [6, 6.07) is 7.36. The molecule has 27 heavy (non-hydrogen) atoms. The van der Waals surface area contributed by atoms with Gasteiger partial charge in [0.2, 0.25) is 0 Å². The van der Waals surface area contributed by atoms with E-state index in [1.807, 2.05) is 70.2 Å². The first-order valence-corrected chi connectivity index (χ1v) is 8.88. The van der Waals surface area contributed by atoms with Gasteiger partial charge in [0.25, 0.3) is 5.91 Å². The van der Waals surface area contributed by atoms with Gasteiger partial charge < -0.3 is 5.32 Å². The summed E-state index contributed by atoms with van der Waals surface area (Å²) >= 11 is 0. The van der Waals surface area contributed by atoms with Crippen molar-refractivity contribution in [3.05, 3.63) is 53.9 Å². The van der Waals surface area contributed by atoms with Crippen molar-refractivity contribution in [2.45, 2.75) is 27.7 Å². The number of hydrogen-bond donors (Lipinski definition) is 2. The third kappa shape index (κ3) is 4.89. The van der Waals surface area contributed by atoms with Gasteiger partial charge >= 0.3 is 0 Å². The second kappa shape index (κ2) is 10.0. The maximum absolute atomic E-state index is 12.7. The Morgan fingerprint density at radius 3 is 2.74 bits per heavy atom. The Morgan fingerprint density at radius 1 is 1.26 bits per heavy atom. The summed E-state index contributed by atoms with van der Waals surface area (Å²) in [5.74, 6) is -0.225. The predicted octanol–water partition coefficient (Wildman–Crippen LogP) is 4.33. The van der Waals surface area contributed by atoms with E-state index < -0.39 is 0 Å². The van der Waals surface area contributed by atoms with Crippen molar-refractivity contribution in [3.63, 3.8) is 0 Å². The van der Waals surface area contributed by atoms with Gasteiger partial charge in [-0.15, -0.1) is 0 Å². The predicted molar refractivity (Wildman–Crippen MR) is 109 cm³/mol. The van der Waals surface area contributed by atoms with E-state index in [0.29, 0.717) is 17.9 Å². The molecule has 8 heteroatoms. The Kier molecular flexibility index (Phi) is 7.45. The maximum Gasteiger partial charge on any atom is 0.259 e. The fourth-order valence-electron chi connectivity index (χ4n) is 2.41. The molecular formula is C19H25N7O. The van der Waals surface area contributed by atoms with Gasteiger partial charge in [-0.25, -0.2) is 4.68 Å². The minimum absolute atomic E-state index is 0.225. The molecule has 1 amide bonds. The van der Waals surface area contributed by atoms with Gasteiger partial charge in [0.15, 0.2) is 0 Å². The van der Waals surface area contributed by atoms with Crippen LogP contribution in [0.5, 0.6) is 0 Å². The third-order valence-electron chi connectivity index (χ3n) is 3.49. The van der Waals surface area contributed by atoms with Crippen LogP contribution in [-0.4, -0.2) is 22.4 Å². The van der Waals surface area contributed by atoms with E-state index in [9.17, 15) is 4.79 Å². The molecule has 2 heterocycles. The van der Waals surface area contributed by atoms with Gasteiger partial charge in [0.1, 0.15) is 6.67 Å². The number of nitrogens with one attached hydrogen (secondary N) is 2. The van der Waals surface area contributed by atoms with Crippen molar-refractivity contribution >= 4 is 29.6 Å². The van der Waals surface area contributed by atoms with Gasteiger partial charge in [0, 0.05) is 11.9 Å². The summed E-state index contributed by atoms with van der Waals surface area (Å²) < 4.78 is 1.67. The number of amides is 1. The van der Waals surface area contributed by atoms with Crippen LogP contribution in [-0.2, 0) is 0 Å². The lowest BCUT2D eigenvalue weighted by molar-refractivity contribution is 0.102. The first kappa shape index (κ1) is 20.1. The van der Waals surface area contributed by atoms with Gasteiger partial charge in [-0.2, -0.15) is 20.8 Å². The second-order valence-electron chi connectivity index (χ2n) is 5.23. The van der Waals surface area contributed by atoms with Crippen molar-refractivity contribution in [1.29, 1.82) is 0 Å². The van der Waals surface area contributed by atoms with Crippen molar-refractivity contribution in [1.82, 2.24) is 15.2 Å². The van der Waals surface area contributed by atoms with Gasteiger partial charge in [0.05, 0.1) is 23.1 Å². The molecule has 8 nitrogen and oxygen atoms in total. The average molecular weight is 367 g/mol. The van der Waals surface area contributed by atoms with Crippen molar-refractivity contribution in [2.24, 2.45) is 10.3 Å². The standard InChI is InChI=1S/C17H19N7O.C2H6/c1-3-6-16-15(11-19-23(16)9-4-2)17(25)21-13-7-5-8-14(10-13)24-20-12-18-22-24;1-2/h3-11,20H,12H2,1-2H3,(H,21,25);1-2H3/b6-3-,9-4-;. The van der Waals surface area contributed by atoms with E-state index in [1.54, 1.807) is 22.2 Å². The van der Waals surface area contributed by atoms with E-state index in [1.165, 1.54) is 0 Å². The molecule has 0 saturated heterocycles. The number of hydrazine groups is 1. The molecule has 0 fully saturated rings. The van der Waals surface area contributed by atoms with Gasteiger partial charge in [-0.1, -0.05) is 37.3 Å². The molecular weight excluding hydrogens is 342 g/mol. The Bertz CT molecular complexity index is 851. The van der Waals surface area contributed by atoms with Crippen LogP contribution in [0.1, 0.15) is 43.7 Å². The first-order chi connectivity index (χ1) is 13.2. The molecule has 0 aliphatic carbocycles. The maximum atomic E-state index is 12.7. The lowest BCUT2D eigenvalue weighted by Gasteiger charge is -2.13. The summed E-state index contributed by atoms with van der Waals surface area (Å²) in [4.78, 5) is 12.7. The minimum atomic E-state index is -0.225. The lowest BCUT2D eigenvalue weighted by Crippen LogP contribution is -2.28. The lowest BCUT2D eigenvalue weighted by atomic mass is 10.2. The molecule has 3 rings (SSSR count). The van der Waals surface area contributed by atoms with E-state index in [2.05, 4.69) is 26.2 Å². The van der Waals surface area contributed by atoms with Gasteiger partial charge in [-0.3, -0.25) is 4.79 Å². The molecule has 0 spiro atoms. The van der Waals surface area contributed by atoms with Crippen LogP contribution in [0.3, 0.4) is 0 Å². The number of carbonyl (C=O) groups is 1. The second-order valence-corrected chi connectivity index (χ2v) is 5.23. The number of anilines is 2. The quantitative estimate of drug-likeness (QED) is 0.823. The minimum Gasteiger partial charge on any atom is -0.322 e. The number of hydrogen-bond acceptors (Lipinski definition) is 6. The Morgan fingerprint density at radius 2 is 2.07 bits per heavy atom. The van der Waals surface area contributed by atoms with Crippen molar-refractivity contribution < 1.29 is 4.79 Å². The monoisotopic (exact) mass is 367 g/mol. The molecule has 0 saturated carbocycles. The fourth-order valence-corrected chi connectivity index (χ4v) is 2.41. The molecule has 1 aromatic carbocycles. The van der Waals surface area contributed by atoms with E-state index in [4.69, 9.17) is 0 Å². The highest BCUT2D eigenvalue weighted by Crippen LogP contribution is 2.21.